The monoisotopic (exact) mass is 320 g/mol. The van der Waals surface area contributed by atoms with E-state index in [1.54, 1.807) is 19.1 Å². The SMILES string of the molecule is Cc1cc(-c2noc(C(C)OCC3CCCCO3)n2)ccc1F. The first kappa shape index (κ1) is 16.1. The molecule has 5 nitrogen and oxygen atoms in total. The van der Waals surface area contributed by atoms with Crippen LogP contribution in [0.5, 0.6) is 0 Å². The largest absolute Gasteiger partial charge is 0.376 e. The van der Waals surface area contributed by atoms with Gasteiger partial charge >= 0.3 is 0 Å². The number of nitrogens with zero attached hydrogens (tertiary/aromatic N) is 2. The van der Waals surface area contributed by atoms with Crippen LogP contribution >= 0.6 is 0 Å². The molecule has 2 atom stereocenters. The topological polar surface area (TPSA) is 57.4 Å². The van der Waals surface area contributed by atoms with Crippen LogP contribution in [0.3, 0.4) is 0 Å². The Morgan fingerprint density at radius 2 is 2.26 bits per heavy atom. The molecule has 0 amide bonds. The van der Waals surface area contributed by atoms with Crippen molar-refractivity contribution in [2.45, 2.75) is 45.3 Å². The van der Waals surface area contributed by atoms with E-state index in [0.717, 1.165) is 25.0 Å². The number of halogens is 1. The van der Waals surface area contributed by atoms with Crippen molar-refractivity contribution in [1.29, 1.82) is 0 Å². The Kier molecular flexibility index (Phi) is 5.03. The molecule has 0 N–H and O–H groups in total. The zero-order chi connectivity index (χ0) is 16.2. The van der Waals surface area contributed by atoms with Crippen LogP contribution in [0.1, 0.15) is 43.7 Å². The van der Waals surface area contributed by atoms with Gasteiger partial charge in [0.15, 0.2) is 0 Å². The van der Waals surface area contributed by atoms with Gasteiger partial charge in [0, 0.05) is 12.2 Å². The van der Waals surface area contributed by atoms with Crippen LogP contribution in [-0.2, 0) is 9.47 Å². The number of aryl methyl sites for hydroxylation is 1. The summed E-state index contributed by atoms with van der Waals surface area (Å²) in [5.74, 6) is 0.604. The highest BCUT2D eigenvalue weighted by atomic mass is 19.1. The fourth-order valence-corrected chi connectivity index (χ4v) is 2.56. The maximum Gasteiger partial charge on any atom is 0.255 e. The van der Waals surface area contributed by atoms with E-state index in [1.165, 1.54) is 12.5 Å². The number of benzene rings is 1. The average Bonchev–Trinajstić information content (AvgIpc) is 3.06. The van der Waals surface area contributed by atoms with Gasteiger partial charge in [0.1, 0.15) is 11.9 Å². The zero-order valence-electron chi connectivity index (χ0n) is 13.4. The maximum absolute atomic E-state index is 13.3. The number of hydrogen-bond donors (Lipinski definition) is 0. The summed E-state index contributed by atoms with van der Waals surface area (Å²) in [6.45, 7) is 4.90. The number of aromatic nitrogens is 2. The quantitative estimate of drug-likeness (QED) is 0.838. The summed E-state index contributed by atoms with van der Waals surface area (Å²) in [6, 6.07) is 4.74. The Balaban J connectivity index is 1.62. The van der Waals surface area contributed by atoms with Crippen molar-refractivity contribution in [2.24, 2.45) is 0 Å². The van der Waals surface area contributed by atoms with Gasteiger partial charge in [-0.1, -0.05) is 5.16 Å². The van der Waals surface area contributed by atoms with Crippen LogP contribution in [0.2, 0.25) is 0 Å². The lowest BCUT2D eigenvalue weighted by atomic mass is 10.1. The molecule has 1 fully saturated rings. The van der Waals surface area contributed by atoms with Crippen LogP contribution in [0.25, 0.3) is 11.4 Å². The molecular weight excluding hydrogens is 299 g/mol. The fraction of sp³-hybridized carbons (Fsp3) is 0.529. The van der Waals surface area contributed by atoms with Crippen LogP contribution in [0.4, 0.5) is 4.39 Å². The molecule has 0 radical (unpaired) electrons. The van der Waals surface area contributed by atoms with Gasteiger partial charge in [-0.05, 0) is 56.9 Å². The molecule has 124 valence electrons. The molecule has 1 aromatic heterocycles. The Morgan fingerprint density at radius 3 is 3.00 bits per heavy atom. The average molecular weight is 320 g/mol. The van der Waals surface area contributed by atoms with Gasteiger partial charge in [-0.3, -0.25) is 0 Å². The van der Waals surface area contributed by atoms with Gasteiger partial charge in [-0.2, -0.15) is 4.98 Å². The molecule has 2 aromatic rings. The third-order valence-corrected chi connectivity index (χ3v) is 4.01. The van der Waals surface area contributed by atoms with Crippen molar-refractivity contribution >= 4 is 0 Å². The Morgan fingerprint density at radius 1 is 1.39 bits per heavy atom. The van der Waals surface area contributed by atoms with E-state index in [0.29, 0.717) is 23.9 Å². The van der Waals surface area contributed by atoms with Crippen molar-refractivity contribution in [3.63, 3.8) is 0 Å². The Labute approximate surface area is 134 Å². The van der Waals surface area contributed by atoms with E-state index in [1.807, 2.05) is 6.92 Å². The number of hydrogen-bond acceptors (Lipinski definition) is 5. The normalized spacial score (nSPS) is 19.7. The zero-order valence-corrected chi connectivity index (χ0v) is 13.4. The second-order valence-electron chi connectivity index (χ2n) is 5.88. The lowest BCUT2D eigenvalue weighted by molar-refractivity contribution is -0.0656. The van der Waals surface area contributed by atoms with Crippen molar-refractivity contribution in [3.05, 3.63) is 35.5 Å². The van der Waals surface area contributed by atoms with E-state index in [9.17, 15) is 4.39 Å². The smallest absolute Gasteiger partial charge is 0.255 e. The minimum atomic E-state index is -0.302. The third kappa shape index (κ3) is 3.95. The molecule has 1 aliphatic rings. The highest BCUT2D eigenvalue weighted by Gasteiger charge is 2.20. The molecule has 23 heavy (non-hydrogen) atoms. The van der Waals surface area contributed by atoms with Crippen LogP contribution in [0.15, 0.2) is 22.7 Å². The molecule has 1 aliphatic heterocycles. The van der Waals surface area contributed by atoms with Crippen molar-refractivity contribution in [1.82, 2.24) is 10.1 Å². The summed E-state index contributed by atoms with van der Waals surface area (Å²) in [5, 5.41) is 3.95. The summed E-state index contributed by atoms with van der Waals surface area (Å²) in [6.07, 6.45) is 3.17. The highest BCUT2D eigenvalue weighted by molar-refractivity contribution is 5.55. The van der Waals surface area contributed by atoms with E-state index in [-0.39, 0.29) is 18.0 Å². The molecule has 1 aromatic carbocycles. The lowest BCUT2D eigenvalue weighted by Crippen LogP contribution is -2.25. The third-order valence-electron chi connectivity index (χ3n) is 4.01. The molecule has 0 saturated carbocycles. The summed E-state index contributed by atoms with van der Waals surface area (Å²) in [4.78, 5) is 4.35. The highest BCUT2D eigenvalue weighted by Crippen LogP contribution is 2.23. The van der Waals surface area contributed by atoms with E-state index >= 15 is 0 Å². The van der Waals surface area contributed by atoms with Crippen LogP contribution in [-0.4, -0.2) is 29.5 Å². The predicted molar refractivity (Wildman–Crippen MR) is 82.4 cm³/mol. The second-order valence-corrected chi connectivity index (χ2v) is 5.88. The van der Waals surface area contributed by atoms with Crippen LogP contribution in [0, 0.1) is 12.7 Å². The summed E-state index contributed by atoms with van der Waals surface area (Å²) in [7, 11) is 0. The van der Waals surface area contributed by atoms with E-state index in [4.69, 9.17) is 14.0 Å². The molecule has 2 heterocycles. The van der Waals surface area contributed by atoms with Gasteiger partial charge in [0.25, 0.3) is 5.89 Å². The first-order chi connectivity index (χ1) is 11.1. The predicted octanol–water partition coefficient (Wildman–Crippen LogP) is 3.83. The lowest BCUT2D eigenvalue weighted by Gasteiger charge is -2.23. The molecule has 3 rings (SSSR count). The van der Waals surface area contributed by atoms with Crippen molar-refractivity contribution in [3.8, 4) is 11.4 Å². The molecule has 0 aliphatic carbocycles. The summed E-state index contributed by atoms with van der Waals surface area (Å²) >= 11 is 0. The van der Waals surface area contributed by atoms with Crippen LogP contribution < -0.4 is 0 Å². The molecular formula is C17H21FN2O3. The first-order valence-electron chi connectivity index (χ1n) is 7.97. The van der Waals surface area contributed by atoms with Gasteiger partial charge in [0.2, 0.25) is 5.82 Å². The minimum Gasteiger partial charge on any atom is -0.376 e. The maximum atomic E-state index is 13.3. The summed E-state index contributed by atoms with van der Waals surface area (Å²) < 4.78 is 30.0. The van der Waals surface area contributed by atoms with Gasteiger partial charge in [-0.15, -0.1) is 0 Å². The van der Waals surface area contributed by atoms with Crippen molar-refractivity contribution in [2.75, 3.05) is 13.2 Å². The molecule has 0 bridgehead atoms. The molecule has 1 saturated heterocycles. The number of rotatable bonds is 5. The van der Waals surface area contributed by atoms with Crippen molar-refractivity contribution < 1.29 is 18.4 Å². The van der Waals surface area contributed by atoms with E-state index in [2.05, 4.69) is 10.1 Å². The standard InChI is InChI=1S/C17H21FN2O3/c1-11-9-13(6-7-15(11)18)16-19-17(23-20-16)12(2)22-10-14-5-3-4-8-21-14/h6-7,9,12,14H,3-5,8,10H2,1-2H3. The molecule has 6 heteroatoms. The minimum absolute atomic E-state index is 0.147. The summed E-state index contributed by atoms with van der Waals surface area (Å²) in [5.41, 5.74) is 1.27. The fourth-order valence-electron chi connectivity index (χ4n) is 2.56. The number of ether oxygens (including phenoxy) is 2. The Hall–Kier alpha value is -1.79. The van der Waals surface area contributed by atoms with Gasteiger partial charge in [0.05, 0.1) is 12.7 Å². The Bertz CT molecular complexity index is 653. The molecule has 2 unspecified atom stereocenters. The van der Waals surface area contributed by atoms with E-state index < -0.39 is 0 Å². The van der Waals surface area contributed by atoms with Gasteiger partial charge in [-0.25, -0.2) is 4.39 Å². The molecule has 0 spiro atoms. The van der Waals surface area contributed by atoms with Gasteiger partial charge < -0.3 is 14.0 Å². The second kappa shape index (κ2) is 7.19. The first-order valence-corrected chi connectivity index (χ1v) is 7.97.